The lowest BCUT2D eigenvalue weighted by atomic mass is 9.83. The summed E-state index contributed by atoms with van der Waals surface area (Å²) < 4.78 is 11.7. The highest BCUT2D eigenvalue weighted by Crippen LogP contribution is 2.53. The average Bonchev–Trinajstić information content (AvgIpc) is 3.43. The maximum atomic E-state index is 13.9. The Labute approximate surface area is 252 Å². The van der Waals surface area contributed by atoms with Crippen LogP contribution in [0.15, 0.2) is 70.5 Å². The summed E-state index contributed by atoms with van der Waals surface area (Å²) in [6.45, 7) is 0.184. The van der Waals surface area contributed by atoms with Crippen LogP contribution >= 0.6 is 57.9 Å². The summed E-state index contributed by atoms with van der Waals surface area (Å²) in [4.78, 5) is 44.3. The minimum Gasteiger partial charge on any atom is -0.493 e. The van der Waals surface area contributed by atoms with Crippen molar-refractivity contribution >= 4 is 75.4 Å². The summed E-state index contributed by atoms with van der Waals surface area (Å²) in [7, 11) is 1.52. The molecule has 2 aliphatic heterocycles. The SMILES string of the molecule is COc1cc([C@H]2c3sc(=O)[nH]c3SC3C(=O)N(c4ccc(Cl)cc4)C(=O)C32)ccc1OCc1ccc(Cl)cc1Cl. The first-order valence-electron chi connectivity index (χ1n) is 12.0. The van der Waals surface area contributed by atoms with Gasteiger partial charge in [0.25, 0.3) is 0 Å². The number of halogens is 3. The zero-order valence-electron chi connectivity index (χ0n) is 20.7. The molecule has 1 aromatic heterocycles. The molecule has 0 aliphatic carbocycles. The van der Waals surface area contributed by atoms with Gasteiger partial charge in [0.15, 0.2) is 11.5 Å². The first-order chi connectivity index (χ1) is 19.2. The van der Waals surface area contributed by atoms with Gasteiger partial charge in [-0.25, -0.2) is 4.90 Å². The van der Waals surface area contributed by atoms with Crippen LogP contribution in [0, 0.1) is 5.92 Å². The lowest BCUT2D eigenvalue weighted by molar-refractivity contribution is -0.122. The molecule has 0 saturated carbocycles. The van der Waals surface area contributed by atoms with Crippen LogP contribution in [0.2, 0.25) is 15.1 Å². The predicted octanol–water partition coefficient (Wildman–Crippen LogP) is 6.78. The first-order valence-corrected chi connectivity index (χ1v) is 14.9. The fraction of sp³-hybridized carbons (Fsp3) is 0.179. The lowest BCUT2D eigenvalue weighted by Crippen LogP contribution is -2.32. The standard InChI is InChI=1S/C28H19Cl3N2O5S2/c1-37-20-10-13(3-9-19(20)38-12-14-2-4-16(30)11-18(14)31)21-22-24(39-25-23(21)40-28(36)32-25)27(35)33(26(22)34)17-7-5-15(29)6-8-17/h2-11,21-22,24H,12H2,1H3,(H,32,36)/t21-,22?,24?/m1/s1. The Morgan fingerprint density at radius 1 is 0.900 bits per heavy atom. The van der Waals surface area contributed by atoms with Crippen LogP contribution < -0.4 is 19.2 Å². The van der Waals surface area contributed by atoms with E-state index in [9.17, 15) is 14.4 Å². The minimum absolute atomic E-state index is 0.184. The zero-order chi connectivity index (χ0) is 28.1. The van der Waals surface area contributed by atoms with Gasteiger partial charge < -0.3 is 14.5 Å². The number of benzene rings is 3. The molecule has 6 rings (SSSR count). The van der Waals surface area contributed by atoms with E-state index in [-0.39, 0.29) is 23.3 Å². The summed E-state index contributed by atoms with van der Waals surface area (Å²) >= 11 is 20.6. The Kier molecular flexibility index (Phi) is 7.35. The maximum Gasteiger partial charge on any atom is 0.305 e. The third-order valence-electron chi connectivity index (χ3n) is 6.85. The summed E-state index contributed by atoms with van der Waals surface area (Å²) in [5.41, 5.74) is 1.93. The highest BCUT2D eigenvalue weighted by Gasteiger charge is 2.56. The van der Waals surface area contributed by atoms with E-state index in [4.69, 9.17) is 44.3 Å². The molecule has 1 saturated heterocycles. The van der Waals surface area contributed by atoms with Crippen molar-refractivity contribution in [2.24, 2.45) is 5.92 Å². The highest BCUT2D eigenvalue weighted by molar-refractivity contribution is 8.00. The number of thioether (sulfide) groups is 1. The van der Waals surface area contributed by atoms with Crippen LogP contribution in [0.1, 0.15) is 21.9 Å². The number of amides is 2. The molecule has 0 bridgehead atoms. The quantitative estimate of drug-likeness (QED) is 0.236. The molecule has 2 amide bonds. The van der Waals surface area contributed by atoms with Crippen molar-refractivity contribution in [2.75, 3.05) is 12.0 Å². The van der Waals surface area contributed by atoms with Crippen molar-refractivity contribution in [1.82, 2.24) is 4.98 Å². The normalized spacial score (nSPS) is 19.9. The molecule has 3 atom stereocenters. The number of nitrogens with zero attached hydrogens (tertiary/aromatic N) is 1. The van der Waals surface area contributed by atoms with E-state index < -0.39 is 17.1 Å². The zero-order valence-corrected chi connectivity index (χ0v) is 24.6. The number of carbonyl (C=O) groups excluding carboxylic acids is 2. The van der Waals surface area contributed by atoms with E-state index in [0.717, 1.165) is 22.5 Å². The molecule has 3 aromatic carbocycles. The Hall–Kier alpha value is -2.95. The number of rotatable bonds is 6. The molecule has 3 heterocycles. The van der Waals surface area contributed by atoms with Gasteiger partial charge in [0.05, 0.1) is 23.7 Å². The van der Waals surface area contributed by atoms with Gasteiger partial charge in [0.1, 0.15) is 11.9 Å². The number of ether oxygens (including phenoxy) is 2. The van der Waals surface area contributed by atoms with Gasteiger partial charge in [0.2, 0.25) is 11.8 Å². The van der Waals surface area contributed by atoms with E-state index in [0.29, 0.717) is 42.2 Å². The maximum absolute atomic E-state index is 13.9. The number of H-pyrrole nitrogens is 1. The summed E-state index contributed by atoms with van der Waals surface area (Å²) in [5.74, 6) is -1.04. The van der Waals surface area contributed by atoms with Gasteiger partial charge in [-0.15, -0.1) is 0 Å². The van der Waals surface area contributed by atoms with Crippen LogP contribution in [0.4, 0.5) is 5.69 Å². The Bertz CT molecular complexity index is 1710. The van der Waals surface area contributed by atoms with E-state index in [1.54, 1.807) is 54.6 Å². The Morgan fingerprint density at radius 2 is 1.65 bits per heavy atom. The van der Waals surface area contributed by atoms with Crippen molar-refractivity contribution in [3.63, 3.8) is 0 Å². The predicted molar refractivity (Wildman–Crippen MR) is 158 cm³/mol. The molecular formula is C28H19Cl3N2O5S2. The minimum atomic E-state index is -0.725. The fourth-order valence-electron chi connectivity index (χ4n) is 5.01. The van der Waals surface area contributed by atoms with Crippen LogP contribution in [-0.2, 0) is 16.2 Å². The number of anilines is 1. The second-order valence-electron chi connectivity index (χ2n) is 9.17. The summed E-state index contributed by atoms with van der Waals surface area (Å²) in [5, 5.41) is 1.40. The molecule has 1 N–H and O–H groups in total. The largest absolute Gasteiger partial charge is 0.493 e. The smallest absolute Gasteiger partial charge is 0.305 e. The third kappa shape index (κ3) is 4.80. The lowest BCUT2D eigenvalue weighted by Gasteiger charge is -2.30. The molecule has 12 heteroatoms. The van der Waals surface area contributed by atoms with Crippen LogP contribution in [0.3, 0.4) is 0 Å². The average molecular weight is 634 g/mol. The second-order valence-corrected chi connectivity index (χ2v) is 12.6. The molecule has 2 unspecified atom stereocenters. The molecule has 204 valence electrons. The van der Waals surface area contributed by atoms with Crippen LogP contribution in [0.5, 0.6) is 11.5 Å². The van der Waals surface area contributed by atoms with Crippen LogP contribution in [0.25, 0.3) is 0 Å². The number of imide groups is 1. The fourth-order valence-corrected chi connectivity index (χ4v) is 8.12. The molecule has 7 nitrogen and oxygen atoms in total. The number of fused-ring (bicyclic) bond motifs is 2. The number of thiazole rings is 1. The summed E-state index contributed by atoms with van der Waals surface area (Å²) in [6, 6.07) is 17.1. The van der Waals surface area contributed by atoms with E-state index in [1.165, 1.54) is 23.8 Å². The van der Waals surface area contributed by atoms with Crippen molar-refractivity contribution < 1.29 is 19.1 Å². The molecule has 40 heavy (non-hydrogen) atoms. The number of carbonyl (C=O) groups is 2. The number of nitrogens with one attached hydrogen (secondary N) is 1. The van der Waals surface area contributed by atoms with Crippen molar-refractivity contribution in [1.29, 1.82) is 0 Å². The van der Waals surface area contributed by atoms with Crippen LogP contribution in [-0.4, -0.2) is 29.2 Å². The topological polar surface area (TPSA) is 88.7 Å². The number of methoxy groups -OCH3 is 1. The van der Waals surface area contributed by atoms with E-state index >= 15 is 0 Å². The molecule has 0 radical (unpaired) electrons. The number of aromatic nitrogens is 1. The number of aromatic amines is 1. The van der Waals surface area contributed by atoms with Gasteiger partial charge in [-0.2, -0.15) is 0 Å². The van der Waals surface area contributed by atoms with Crippen molar-refractivity contribution in [3.8, 4) is 11.5 Å². The monoisotopic (exact) mass is 632 g/mol. The van der Waals surface area contributed by atoms with Crippen molar-refractivity contribution in [2.45, 2.75) is 22.8 Å². The number of hydrogen-bond donors (Lipinski definition) is 1. The Morgan fingerprint density at radius 3 is 2.38 bits per heavy atom. The molecule has 1 fully saturated rings. The van der Waals surface area contributed by atoms with E-state index in [2.05, 4.69) is 4.98 Å². The molecule has 4 aromatic rings. The molecular weight excluding hydrogens is 615 g/mol. The molecule has 2 aliphatic rings. The van der Waals surface area contributed by atoms with Gasteiger partial charge in [-0.05, 0) is 54.1 Å². The Balaban J connectivity index is 1.37. The second kappa shape index (κ2) is 10.8. The summed E-state index contributed by atoms with van der Waals surface area (Å²) in [6.07, 6.45) is 0. The van der Waals surface area contributed by atoms with Crippen molar-refractivity contribution in [3.05, 3.63) is 101 Å². The van der Waals surface area contributed by atoms with Gasteiger partial charge in [0, 0.05) is 31.4 Å². The van der Waals surface area contributed by atoms with E-state index in [1.807, 2.05) is 6.07 Å². The van der Waals surface area contributed by atoms with Gasteiger partial charge >= 0.3 is 4.87 Å². The molecule has 0 spiro atoms. The van der Waals surface area contributed by atoms with Gasteiger partial charge in [-0.3, -0.25) is 14.4 Å². The highest BCUT2D eigenvalue weighted by atomic mass is 35.5. The number of hydrogen-bond acceptors (Lipinski definition) is 7. The van der Waals surface area contributed by atoms with Gasteiger partial charge in [-0.1, -0.05) is 70.0 Å². The third-order valence-corrected chi connectivity index (χ3v) is 10.1. The first kappa shape index (κ1) is 27.2.